The Balaban J connectivity index is 3.93. The van der Waals surface area contributed by atoms with Crippen molar-refractivity contribution in [3.63, 3.8) is 0 Å². The van der Waals surface area contributed by atoms with E-state index < -0.39 is 6.29 Å². The maximum absolute atomic E-state index is 10.7. The summed E-state index contributed by atoms with van der Waals surface area (Å²) >= 11 is 0. The number of unbranched alkanes of at least 4 members (excludes halogenated alkanes) is 23. The lowest BCUT2D eigenvalue weighted by atomic mass is 10.0. The van der Waals surface area contributed by atoms with Gasteiger partial charge in [-0.1, -0.05) is 180 Å². The van der Waals surface area contributed by atoms with E-state index >= 15 is 0 Å². The first kappa shape index (κ1) is 48.3. The molecule has 0 amide bonds. The molecule has 0 aromatic rings. The Morgan fingerprint density at radius 1 is 0.449 bits per heavy atom. The number of rotatable bonds is 41. The number of allylic oxidation sites excluding steroid dienone is 4. The first-order chi connectivity index (χ1) is 24.2. The van der Waals surface area contributed by atoms with E-state index in [-0.39, 0.29) is 12.7 Å². The van der Waals surface area contributed by atoms with Gasteiger partial charge in [-0.3, -0.25) is 0 Å². The van der Waals surface area contributed by atoms with E-state index in [0.717, 1.165) is 51.7 Å². The highest BCUT2D eigenvalue weighted by molar-refractivity contribution is 4.92. The van der Waals surface area contributed by atoms with Crippen LogP contribution in [0.5, 0.6) is 0 Å². The fourth-order valence-corrected chi connectivity index (χ4v) is 6.86. The molecule has 0 aliphatic heterocycles. The maximum atomic E-state index is 10.7. The summed E-state index contributed by atoms with van der Waals surface area (Å²) < 4.78 is 6.22. The van der Waals surface area contributed by atoms with E-state index in [9.17, 15) is 10.2 Å². The van der Waals surface area contributed by atoms with Crippen LogP contribution >= 0.6 is 0 Å². The zero-order valence-electron chi connectivity index (χ0n) is 33.7. The molecule has 0 aliphatic carbocycles. The second kappa shape index (κ2) is 41.7. The number of hydrogen-bond acceptors (Lipinski definition) is 4. The van der Waals surface area contributed by atoms with Crippen molar-refractivity contribution < 1.29 is 14.9 Å². The van der Waals surface area contributed by atoms with Crippen molar-refractivity contribution in [1.82, 2.24) is 4.90 Å². The minimum atomic E-state index is -0.598. The zero-order chi connectivity index (χ0) is 35.7. The summed E-state index contributed by atoms with van der Waals surface area (Å²) in [6.45, 7) is 10.1. The monoisotopic (exact) mass is 692 g/mol. The summed E-state index contributed by atoms with van der Waals surface area (Å²) in [5, 5.41) is 20.2. The quantitative estimate of drug-likeness (QED) is 0.0381. The van der Waals surface area contributed by atoms with Gasteiger partial charge in [-0.2, -0.15) is 0 Å². The van der Waals surface area contributed by atoms with E-state index in [0.29, 0.717) is 0 Å². The Bertz CT molecular complexity index is 650. The third kappa shape index (κ3) is 38.4. The third-order valence-corrected chi connectivity index (χ3v) is 10.1. The van der Waals surface area contributed by atoms with Crippen molar-refractivity contribution in [3.05, 3.63) is 24.3 Å². The molecule has 4 nitrogen and oxygen atoms in total. The molecule has 0 bridgehead atoms. The van der Waals surface area contributed by atoms with Crippen molar-refractivity contribution >= 4 is 0 Å². The second-order valence-electron chi connectivity index (χ2n) is 15.0. The van der Waals surface area contributed by atoms with Gasteiger partial charge in [0.15, 0.2) is 6.29 Å². The first-order valence-electron chi connectivity index (χ1n) is 22.1. The van der Waals surface area contributed by atoms with Crippen molar-refractivity contribution in [2.75, 3.05) is 26.2 Å². The Kier molecular flexibility index (Phi) is 41.2. The second-order valence-corrected chi connectivity index (χ2v) is 15.0. The van der Waals surface area contributed by atoms with Crippen LogP contribution in [0, 0.1) is 0 Å². The molecule has 0 aromatic heterocycles. The average Bonchev–Trinajstić information content (AvgIpc) is 3.10. The van der Waals surface area contributed by atoms with Crippen LogP contribution in [0.4, 0.5) is 0 Å². The van der Waals surface area contributed by atoms with E-state index in [1.807, 2.05) is 0 Å². The molecule has 292 valence electrons. The fourth-order valence-electron chi connectivity index (χ4n) is 6.86. The molecule has 0 fully saturated rings. The van der Waals surface area contributed by atoms with Crippen LogP contribution < -0.4 is 0 Å². The average molecular weight is 692 g/mol. The molecule has 0 saturated carbocycles. The standard InChI is InChI=1S/C45H89NO3/c1-4-7-10-13-16-17-18-19-20-21-22-23-24-25-30-35-40-46(42-43-47)41-36-31-26-29-34-39-45(48)49-44(37-32-27-14-11-8-5-2)38-33-28-15-12-9-6-3/h16-17,19-20,44-45,47-48H,4-15,18,21-43H2,1-3H3/b17-16-,20-19-. The van der Waals surface area contributed by atoms with Crippen LogP contribution in [0.25, 0.3) is 0 Å². The highest BCUT2D eigenvalue weighted by atomic mass is 16.6. The predicted molar refractivity (Wildman–Crippen MR) is 217 cm³/mol. The summed E-state index contributed by atoms with van der Waals surface area (Å²) in [6, 6.07) is 0. The van der Waals surface area contributed by atoms with Gasteiger partial charge in [0.1, 0.15) is 0 Å². The van der Waals surface area contributed by atoms with Crippen molar-refractivity contribution in [1.29, 1.82) is 0 Å². The van der Waals surface area contributed by atoms with Gasteiger partial charge < -0.3 is 19.8 Å². The summed E-state index contributed by atoms with van der Waals surface area (Å²) in [4.78, 5) is 2.47. The summed E-state index contributed by atoms with van der Waals surface area (Å²) in [7, 11) is 0. The van der Waals surface area contributed by atoms with Crippen molar-refractivity contribution in [2.45, 2.75) is 239 Å². The van der Waals surface area contributed by atoms with Gasteiger partial charge in [0.2, 0.25) is 0 Å². The largest absolute Gasteiger partial charge is 0.395 e. The van der Waals surface area contributed by atoms with E-state index in [2.05, 4.69) is 50.0 Å². The predicted octanol–water partition coefficient (Wildman–Crippen LogP) is 13.6. The SMILES string of the molecule is CCCCC/C=C\C/C=C\CCCCCCCCN(CCO)CCCCCCCC(O)OC(CCCCCCCC)CCCCCCCC. The molecule has 0 saturated heterocycles. The van der Waals surface area contributed by atoms with Gasteiger partial charge in [-0.05, 0) is 83.7 Å². The normalized spacial score (nSPS) is 12.9. The van der Waals surface area contributed by atoms with Crippen LogP contribution in [0.1, 0.15) is 226 Å². The van der Waals surface area contributed by atoms with Crippen LogP contribution in [0.2, 0.25) is 0 Å². The van der Waals surface area contributed by atoms with Crippen LogP contribution in [0.15, 0.2) is 24.3 Å². The molecule has 2 N–H and O–H groups in total. The fraction of sp³-hybridized carbons (Fsp3) is 0.911. The third-order valence-electron chi connectivity index (χ3n) is 10.1. The van der Waals surface area contributed by atoms with Crippen molar-refractivity contribution in [2.24, 2.45) is 0 Å². The Labute approximate surface area is 308 Å². The molecule has 0 radical (unpaired) electrons. The van der Waals surface area contributed by atoms with Gasteiger partial charge in [0.25, 0.3) is 0 Å². The first-order valence-corrected chi connectivity index (χ1v) is 22.1. The van der Waals surface area contributed by atoms with Gasteiger partial charge >= 0.3 is 0 Å². The lowest BCUT2D eigenvalue weighted by Crippen LogP contribution is -2.29. The number of nitrogens with zero attached hydrogens (tertiary/aromatic N) is 1. The molecule has 0 heterocycles. The minimum Gasteiger partial charge on any atom is -0.395 e. The van der Waals surface area contributed by atoms with Gasteiger partial charge in [-0.15, -0.1) is 0 Å². The van der Waals surface area contributed by atoms with Crippen LogP contribution in [0.3, 0.4) is 0 Å². The van der Waals surface area contributed by atoms with Gasteiger partial charge in [0, 0.05) is 6.54 Å². The molecule has 1 atom stereocenters. The number of hydrogen-bond donors (Lipinski definition) is 2. The highest BCUT2D eigenvalue weighted by Gasteiger charge is 2.14. The highest BCUT2D eigenvalue weighted by Crippen LogP contribution is 2.20. The zero-order valence-corrected chi connectivity index (χ0v) is 33.7. The van der Waals surface area contributed by atoms with E-state index in [1.54, 1.807) is 0 Å². The number of aliphatic hydroxyl groups excluding tert-OH is 2. The van der Waals surface area contributed by atoms with Gasteiger partial charge in [-0.25, -0.2) is 0 Å². The molecular formula is C45H89NO3. The summed E-state index contributed by atoms with van der Waals surface area (Å²) in [5.41, 5.74) is 0. The number of ether oxygens (including phenoxy) is 1. The van der Waals surface area contributed by atoms with Gasteiger partial charge in [0.05, 0.1) is 12.7 Å². The summed E-state index contributed by atoms with van der Waals surface area (Å²) in [5.74, 6) is 0. The molecule has 0 rings (SSSR count). The Morgan fingerprint density at radius 2 is 0.837 bits per heavy atom. The van der Waals surface area contributed by atoms with Crippen LogP contribution in [-0.4, -0.2) is 53.7 Å². The maximum Gasteiger partial charge on any atom is 0.154 e. The molecule has 0 aromatic carbocycles. The molecule has 49 heavy (non-hydrogen) atoms. The van der Waals surface area contributed by atoms with E-state index in [1.165, 1.54) is 173 Å². The minimum absolute atomic E-state index is 0.231. The molecule has 0 spiro atoms. The molecule has 1 unspecified atom stereocenters. The van der Waals surface area contributed by atoms with Crippen LogP contribution in [-0.2, 0) is 4.74 Å². The molecule has 0 aliphatic rings. The molecule has 4 heteroatoms. The topological polar surface area (TPSA) is 52.9 Å². The Morgan fingerprint density at radius 3 is 1.33 bits per heavy atom. The van der Waals surface area contributed by atoms with Crippen molar-refractivity contribution in [3.8, 4) is 0 Å². The lowest BCUT2D eigenvalue weighted by Gasteiger charge is -2.22. The smallest absolute Gasteiger partial charge is 0.154 e. The Hall–Kier alpha value is -0.680. The summed E-state index contributed by atoms with van der Waals surface area (Å²) in [6.07, 6.45) is 49.1. The van der Waals surface area contributed by atoms with E-state index in [4.69, 9.17) is 4.74 Å². The molecular weight excluding hydrogens is 602 g/mol. The lowest BCUT2D eigenvalue weighted by molar-refractivity contribution is -0.144. The number of aliphatic hydroxyl groups is 2.